The van der Waals surface area contributed by atoms with Gasteiger partial charge in [-0.3, -0.25) is 4.98 Å². The van der Waals surface area contributed by atoms with Crippen LogP contribution in [0.25, 0.3) is 0 Å². The summed E-state index contributed by atoms with van der Waals surface area (Å²) in [6, 6.07) is 8.67. The molecule has 0 saturated carbocycles. The summed E-state index contributed by atoms with van der Waals surface area (Å²) in [5.74, 6) is -0.186. The number of hydrogen-bond acceptors (Lipinski definition) is 4. The Morgan fingerprint density at radius 2 is 2.00 bits per heavy atom. The van der Waals surface area contributed by atoms with Crippen molar-refractivity contribution in [1.82, 2.24) is 4.98 Å². The summed E-state index contributed by atoms with van der Waals surface area (Å²) in [6.07, 6.45) is 1.73. The molecule has 17 heavy (non-hydrogen) atoms. The third-order valence-corrected chi connectivity index (χ3v) is 2.57. The zero-order valence-electron chi connectivity index (χ0n) is 9.51. The SMILES string of the molecule is Cc1ncccc1NCc1cccc(O)c1O. The number of nitrogens with one attached hydrogen (secondary N) is 1. The number of phenols is 2. The lowest BCUT2D eigenvalue weighted by Crippen LogP contribution is -2.02. The van der Waals surface area contributed by atoms with Gasteiger partial charge in [0.25, 0.3) is 0 Å². The van der Waals surface area contributed by atoms with Crippen molar-refractivity contribution in [2.45, 2.75) is 13.5 Å². The molecule has 1 aromatic heterocycles. The maximum absolute atomic E-state index is 9.64. The number of nitrogens with zero attached hydrogens (tertiary/aromatic N) is 1. The van der Waals surface area contributed by atoms with E-state index in [-0.39, 0.29) is 11.5 Å². The number of anilines is 1. The van der Waals surface area contributed by atoms with Crippen molar-refractivity contribution in [3.63, 3.8) is 0 Å². The fourth-order valence-electron chi connectivity index (χ4n) is 1.58. The third kappa shape index (κ3) is 2.47. The van der Waals surface area contributed by atoms with Crippen LogP contribution in [0, 0.1) is 6.92 Å². The molecule has 0 fully saturated rings. The molecule has 0 aliphatic carbocycles. The molecule has 88 valence electrons. The second-order valence-corrected chi connectivity index (χ2v) is 3.77. The Bertz CT molecular complexity index is 527. The Hall–Kier alpha value is -2.23. The summed E-state index contributed by atoms with van der Waals surface area (Å²) in [6.45, 7) is 2.34. The largest absolute Gasteiger partial charge is 0.504 e. The predicted molar refractivity (Wildman–Crippen MR) is 66.1 cm³/mol. The maximum Gasteiger partial charge on any atom is 0.162 e. The van der Waals surface area contributed by atoms with Crippen LogP contribution in [0.5, 0.6) is 11.5 Å². The highest BCUT2D eigenvalue weighted by Crippen LogP contribution is 2.28. The highest BCUT2D eigenvalue weighted by Gasteiger charge is 2.05. The summed E-state index contributed by atoms with van der Waals surface area (Å²) in [5, 5.41) is 22.2. The van der Waals surface area contributed by atoms with Crippen LogP contribution < -0.4 is 5.32 Å². The van der Waals surface area contributed by atoms with Crippen molar-refractivity contribution in [2.24, 2.45) is 0 Å². The van der Waals surface area contributed by atoms with Crippen molar-refractivity contribution < 1.29 is 10.2 Å². The minimum Gasteiger partial charge on any atom is -0.504 e. The van der Waals surface area contributed by atoms with Crippen LogP contribution in [-0.2, 0) is 6.54 Å². The quantitative estimate of drug-likeness (QED) is 0.708. The Balaban J connectivity index is 2.13. The normalized spacial score (nSPS) is 10.2. The van der Waals surface area contributed by atoms with E-state index in [1.807, 2.05) is 19.1 Å². The molecule has 1 aromatic carbocycles. The molecule has 4 heteroatoms. The number of para-hydroxylation sites is 1. The number of hydrogen-bond donors (Lipinski definition) is 3. The highest BCUT2D eigenvalue weighted by molar-refractivity contribution is 5.50. The summed E-state index contributed by atoms with van der Waals surface area (Å²) in [7, 11) is 0. The summed E-state index contributed by atoms with van der Waals surface area (Å²) in [4.78, 5) is 4.16. The van der Waals surface area contributed by atoms with Crippen molar-refractivity contribution in [3.8, 4) is 11.5 Å². The van der Waals surface area contributed by atoms with E-state index in [0.717, 1.165) is 11.4 Å². The van der Waals surface area contributed by atoms with Crippen molar-refractivity contribution in [3.05, 3.63) is 47.8 Å². The molecule has 0 saturated heterocycles. The molecule has 2 aromatic rings. The second kappa shape index (κ2) is 4.74. The molecule has 0 aliphatic rings. The summed E-state index contributed by atoms with van der Waals surface area (Å²) in [5.41, 5.74) is 2.45. The van der Waals surface area contributed by atoms with Crippen LogP contribution >= 0.6 is 0 Å². The Kier molecular flexibility index (Phi) is 3.14. The minimum atomic E-state index is -0.104. The van der Waals surface area contributed by atoms with Crippen LogP contribution in [0.1, 0.15) is 11.3 Å². The molecule has 0 aliphatic heterocycles. The van der Waals surface area contributed by atoms with E-state index in [1.165, 1.54) is 6.07 Å². The highest BCUT2D eigenvalue weighted by atomic mass is 16.3. The van der Waals surface area contributed by atoms with Gasteiger partial charge in [-0.05, 0) is 25.1 Å². The molecule has 0 atom stereocenters. The average molecular weight is 230 g/mol. The van der Waals surface area contributed by atoms with Crippen molar-refractivity contribution in [1.29, 1.82) is 0 Å². The smallest absolute Gasteiger partial charge is 0.162 e. The molecule has 0 bridgehead atoms. The van der Waals surface area contributed by atoms with Gasteiger partial charge in [0.15, 0.2) is 11.5 Å². The molecule has 0 radical (unpaired) electrons. The van der Waals surface area contributed by atoms with Crippen LogP contribution in [0.2, 0.25) is 0 Å². The van der Waals surface area contributed by atoms with Gasteiger partial charge in [0.1, 0.15) is 0 Å². The van der Waals surface area contributed by atoms with E-state index in [9.17, 15) is 10.2 Å². The zero-order chi connectivity index (χ0) is 12.3. The number of aromatic nitrogens is 1. The number of aryl methyl sites for hydroxylation is 1. The van der Waals surface area contributed by atoms with Gasteiger partial charge in [-0.1, -0.05) is 12.1 Å². The first kappa shape index (κ1) is 11.3. The average Bonchev–Trinajstić information content (AvgIpc) is 2.33. The van der Waals surface area contributed by atoms with E-state index >= 15 is 0 Å². The van der Waals surface area contributed by atoms with E-state index in [2.05, 4.69) is 10.3 Å². The molecule has 2 rings (SSSR count). The molecule has 1 heterocycles. The van der Waals surface area contributed by atoms with Gasteiger partial charge < -0.3 is 15.5 Å². The van der Waals surface area contributed by atoms with E-state index in [4.69, 9.17) is 0 Å². The number of rotatable bonds is 3. The molecule has 0 spiro atoms. The van der Waals surface area contributed by atoms with Crippen LogP contribution in [0.15, 0.2) is 36.5 Å². The van der Waals surface area contributed by atoms with Gasteiger partial charge in [-0.2, -0.15) is 0 Å². The van der Waals surface area contributed by atoms with E-state index in [1.54, 1.807) is 18.3 Å². The number of pyridine rings is 1. The van der Waals surface area contributed by atoms with Gasteiger partial charge in [-0.25, -0.2) is 0 Å². The van der Waals surface area contributed by atoms with Gasteiger partial charge in [0, 0.05) is 18.3 Å². The van der Waals surface area contributed by atoms with Crippen LogP contribution in [0.3, 0.4) is 0 Å². The Morgan fingerprint density at radius 3 is 2.76 bits per heavy atom. The number of phenolic OH excluding ortho intramolecular Hbond substituents is 2. The van der Waals surface area contributed by atoms with E-state index in [0.29, 0.717) is 12.1 Å². The fourth-order valence-corrected chi connectivity index (χ4v) is 1.58. The van der Waals surface area contributed by atoms with Gasteiger partial charge in [-0.15, -0.1) is 0 Å². The van der Waals surface area contributed by atoms with Crippen LogP contribution in [-0.4, -0.2) is 15.2 Å². The molecule has 4 nitrogen and oxygen atoms in total. The van der Waals surface area contributed by atoms with Crippen molar-refractivity contribution in [2.75, 3.05) is 5.32 Å². The number of benzene rings is 1. The first-order chi connectivity index (χ1) is 8.18. The van der Waals surface area contributed by atoms with Gasteiger partial charge >= 0.3 is 0 Å². The molecule has 0 unspecified atom stereocenters. The Morgan fingerprint density at radius 1 is 1.18 bits per heavy atom. The maximum atomic E-state index is 9.64. The molecule has 0 amide bonds. The third-order valence-electron chi connectivity index (χ3n) is 2.57. The predicted octanol–water partition coefficient (Wildman–Crippen LogP) is 2.41. The van der Waals surface area contributed by atoms with Gasteiger partial charge in [0.05, 0.1) is 11.4 Å². The summed E-state index contributed by atoms with van der Waals surface area (Å²) >= 11 is 0. The lowest BCUT2D eigenvalue weighted by Gasteiger charge is -2.10. The van der Waals surface area contributed by atoms with Crippen LogP contribution in [0.4, 0.5) is 5.69 Å². The first-order valence-corrected chi connectivity index (χ1v) is 5.34. The topological polar surface area (TPSA) is 65.4 Å². The fraction of sp³-hybridized carbons (Fsp3) is 0.154. The lowest BCUT2D eigenvalue weighted by molar-refractivity contribution is 0.400. The molecular formula is C13H14N2O2. The monoisotopic (exact) mass is 230 g/mol. The van der Waals surface area contributed by atoms with Crippen molar-refractivity contribution >= 4 is 5.69 Å². The first-order valence-electron chi connectivity index (χ1n) is 5.34. The standard InChI is InChI=1S/C13H14N2O2/c1-9-11(5-3-7-14-9)15-8-10-4-2-6-12(16)13(10)17/h2-7,15-17H,8H2,1H3. The summed E-state index contributed by atoms with van der Waals surface area (Å²) < 4.78 is 0. The zero-order valence-corrected chi connectivity index (χ0v) is 9.51. The molecular weight excluding hydrogens is 216 g/mol. The minimum absolute atomic E-state index is 0.0819. The second-order valence-electron chi connectivity index (χ2n) is 3.77. The molecule has 3 N–H and O–H groups in total. The Labute approximate surface area is 99.6 Å². The van der Waals surface area contributed by atoms with E-state index < -0.39 is 0 Å². The number of aromatic hydroxyl groups is 2. The lowest BCUT2D eigenvalue weighted by atomic mass is 10.2. The van der Waals surface area contributed by atoms with Gasteiger partial charge in [0.2, 0.25) is 0 Å².